The highest BCUT2D eigenvalue weighted by molar-refractivity contribution is 6.04. The lowest BCUT2D eigenvalue weighted by molar-refractivity contribution is -0.125. The topological polar surface area (TPSA) is 67.9 Å². The zero-order valence-corrected chi connectivity index (χ0v) is 18.2. The van der Waals surface area contributed by atoms with Crippen LogP contribution in [0, 0.1) is 0 Å². The van der Waals surface area contributed by atoms with Gasteiger partial charge in [0.1, 0.15) is 17.5 Å². The van der Waals surface area contributed by atoms with Crippen LogP contribution in [-0.4, -0.2) is 30.4 Å². The van der Waals surface area contributed by atoms with Gasteiger partial charge in [0, 0.05) is 24.2 Å². The van der Waals surface area contributed by atoms with E-state index in [9.17, 15) is 9.59 Å². The fourth-order valence-corrected chi connectivity index (χ4v) is 4.00. The molecule has 164 valence electrons. The van der Waals surface area contributed by atoms with Crippen LogP contribution in [0.5, 0.6) is 11.5 Å². The van der Waals surface area contributed by atoms with Gasteiger partial charge >= 0.3 is 0 Å². The van der Waals surface area contributed by atoms with Gasteiger partial charge in [-0.25, -0.2) is 0 Å². The summed E-state index contributed by atoms with van der Waals surface area (Å²) < 4.78 is 10.9. The van der Waals surface area contributed by atoms with Crippen molar-refractivity contribution < 1.29 is 19.1 Å². The summed E-state index contributed by atoms with van der Waals surface area (Å²) in [5, 5.41) is 2.99. The molecule has 4 rings (SSSR count). The summed E-state index contributed by atoms with van der Waals surface area (Å²) >= 11 is 0. The number of carbonyl (C=O) groups excluding carboxylic acids is 2. The van der Waals surface area contributed by atoms with Crippen molar-refractivity contribution in [2.75, 3.05) is 13.7 Å². The van der Waals surface area contributed by atoms with Crippen LogP contribution in [0.1, 0.15) is 40.0 Å². The number of hydrogen-bond donors (Lipinski definition) is 1. The Balaban J connectivity index is 1.56. The van der Waals surface area contributed by atoms with Gasteiger partial charge in [0.15, 0.2) is 0 Å². The summed E-state index contributed by atoms with van der Waals surface area (Å²) in [5.74, 6) is 1.12. The Morgan fingerprint density at radius 1 is 1.00 bits per heavy atom. The van der Waals surface area contributed by atoms with Gasteiger partial charge in [-0.1, -0.05) is 48.5 Å². The first-order valence-electron chi connectivity index (χ1n) is 10.6. The molecule has 1 aliphatic rings. The maximum absolute atomic E-state index is 13.3. The molecular weight excluding hydrogens is 404 g/mol. The van der Waals surface area contributed by atoms with Crippen molar-refractivity contribution in [2.45, 2.75) is 26.1 Å². The van der Waals surface area contributed by atoms with E-state index >= 15 is 0 Å². The van der Waals surface area contributed by atoms with Crippen LogP contribution in [0.2, 0.25) is 0 Å². The lowest BCUT2D eigenvalue weighted by Crippen LogP contribution is -2.38. The van der Waals surface area contributed by atoms with Crippen molar-refractivity contribution in [2.24, 2.45) is 0 Å². The Hall–Kier alpha value is -3.80. The molecule has 1 unspecified atom stereocenters. The smallest absolute Gasteiger partial charge is 0.255 e. The second-order valence-corrected chi connectivity index (χ2v) is 7.53. The van der Waals surface area contributed by atoms with Crippen molar-refractivity contribution in [3.05, 3.63) is 95.1 Å². The first-order chi connectivity index (χ1) is 15.6. The third-order valence-electron chi connectivity index (χ3n) is 5.54. The predicted molar refractivity (Wildman–Crippen MR) is 122 cm³/mol. The Kier molecular flexibility index (Phi) is 6.40. The first kappa shape index (κ1) is 21.4. The Morgan fingerprint density at radius 2 is 1.72 bits per heavy atom. The molecular formula is C26H26N2O4. The minimum Gasteiger partial charge on any atom is -0.496 e. The standard InChI is InChI=1S/C26H26N2O4/c1-3-32-20-14-12-18(13-15-20)17-28-24(21-9-5-6-10-22(21)26(28)30)25(29)27-16-19-8-4-7-11-23(19)31-2/h4-15,24H,3,16-17H2,1-2H3,(H,27,29). The predicted octanol–water partition coefficient (Wildman–Crippen LogP) is 4.11. The van der Waals surface area contributed by atoms with Crippen LogP contribution >= 0.6 is 0 Å². The maximum Gasteiger partial charge on any atom is 0.255 e. The summed E-state index contributed by atoms with van der Waals surface area (Å²) in [6.45, 7) is 3.16. The molecule has 0 fully saturated rings. The fraction of sp³-hybridized carbons (Fsp3) is 0.231. The zero-order chi connectivity index (χ0) is 22.5. The number of ether oxygens (including phenoxy) is 2. The Bertz CT molecular complexity index is 1110. The van der Waals surface area contributed by atoms with Crippen LogP contribution < -0.4 is 14.8 Å². The van der Waals surface area contributed by atoms with Gasteiger partial charge in [-0.2, -0.15) is 0 Å². The van der Waals surface area contributed by atoms with Crippen LogP contribution in [-0.2, 0) is 17.9 Å². The molecule has 6 heteroatoms. The molecule has 3 aromatic carbocycles. The van der Waals surface area contributed by atoms with E-state index in [4.69, 9.17) is 9.47 Å². The normalized spacial score (nSPS) is 14.8. The number of nitrogens with one attached hydrogen (secondary N) is 1. The van der Waals surface area contributed by atoms with Crippen LogP contribution in [0.25, 0.3) is 0 Å². The van der Waals surface area contributed by atoms with Crippen molar-refractivity contribution in [3.8, 4) is 11.5 Å². The molecule has 6 nitrogen and oxygen atoms in total. The van der Waals surface area contributed by atoms with Gasteiger partial charge in [-0.05, 0) is 42.3 Å². The summed E-state index contributed by atoms with van der Waals surface area (Å²) in [6.07, 6.45) is 0. The molecule has 0 saturated carbocycles. The largest absolute Gasteiger partial charge is 0.496 e. The van der Waals surface area contributed by atoms with E-state index in [1.165, 1.54) is 0 Å². The number of carbonyl (C=O) groups is 2. The number of benzene rings is 3. The molecule has 1 N–H and O–H groups in total. The average Bonchev–Trinajstić information content (AvgIpc) is 3.10. The van der Waals surface area contributed by atoms with E-state index in [2.05, 4.69) is 5.32 Å². The van der Waals surface area contributed by atoms with Crippen molar-refractivity contribution >= 4 is 11.8 Å². The second-order valence-electron chi connectivity index (χ2n) is 7.53. The number of para-hydroxylation sites is 1. The second kappa shape index (κ2) is 9.56. The van der Waals surface area contributed by atoms with Crippen molar-refractivity contribution in [1.82, 2.24) is 10.2 Å². The molecule has 0 aromatic heterocycles. The SMILES string of the molecule is CCOc1ccc(CN2C(=O)c3ccccc3C2C(=O)NCc2ccccc2OC)cc1. The van der Waals surface area contributed by atoms with Gasteiger partial charge in [0.25, 0.3) is 5.91 Å². The number of hydrogen-bond acceptors (Lipinski definition) is 4. The summed E-state index contributed by atoms with van der Waals surface area (Å²) in [4.78, 5) is 28.1. The van der Waals surface area contributed by atoms with E-state index in [1.54, 1.807) is 18.1 Å². The van der Waals surface area contributed by atoms with E-state index < -0.39 is 6.04 Å². The summed E-state index contributed by atoms with van der Waals surface area (Å²) in [6, 6.07) is 21.7. The zero-order valence-electron chi connectivity index (χ0n) is 18.2. The highest BCUT2D eigenvalue weighted by atomic mass is 16.5. The third kappa shape index (κ3) is 4.30. The van der Waals surface area contributed by atoms with E-state index in [0.29, 0.717) is 31.0 Å². The van der Waals surface area contributed by atoms with Gasteiger partial charge in [0.2, 0.25) is 5.91 Å². The monoisotopic (exact) mass is 430 g/mol. The number of fused-ring (bicyclic) bond motifs is 1. The van der Waals surface area contributed by atoms with E-state index in [1.807, 2.05) is 73.7 Å². The quantitative estimate of drug-likeness (QED) is 0.584. The van der Waals surface area contributed by atoms with Crippen molar-refractivity contribution in [3.63, 3.8) is 0 Å². The molecule has 0 radical (unpaired) electrons. The molecule has 0 bridgehead atoms. The molecule has 1 heterocycles. The summed E-state index contributed by atoms with van der Waals surface area (Å²) in [7, 11) is 1.60. The average molecular weight is 431 g/mol. The molecule has 0 spiro atoms. The third-order valence-corrected chi connectivity index (χ3v) is 5.54. The highest BCUT2D eigenvalue weighted by Crippen LogP contribution is 2.35. The Labute approximate surface area is 187 Å². The lowest BCUT2D eigenvalue weighted by Gasteiger charge is -2.25. The molecule has 1 atom stereocenters. The minimum absolute atomic E-state index is 0.146. The lowest BCUT2D eigenvalue weighted by atomic mass is 10.0. The number of rotatable bonds is 8. The molecule has 0 saturated heterocycles. The molecule has 1 aliphatic heterocycles. The van der Waals surface area contributed by atoms with E-state index in [0.717, 1.165) is 22.4 Å². The number of methoxy groups -OCH3 is 1. The molecule has 32 heavy (non-hydrogen) atoms. The molecule has 2 amide bonds. The van der Waals surface area contributed by atoms with Gasteiger partial charge < -0.3 is 19.7 Å². The number of nitrogens with zero attached hydrogens (tertiary/aromatic N) is 1. The van der Waals surface area contributed by atoms with Crippen LogP contribution in [0.3, 0.4) is 0 Å². The van der Waals surface area contributed by atoms with Crippen LogP contribution in [0.4, 0.5) is 0 Å². The molecule has 0 aliphatic carbocycles. The molecule has 3 aromatic rings. The Morgan fingerprint density at radius 3 is 2.47 bits per heavy atom. The highest BCUT2D eigenvalue weighted by Gasteiger charge is 2.40. The van der Waals surface area contributed by atoms with Crippen LogP contribution in [0.15, 0.2) is 72.8 Å². The van der Waals surface area contributed by atoms with Gasteiger partial charge in [0.05, 0.1) is 13.7 Å². The van der Waals surface area contributed by atoms with E-state index in [-0.39, 0.29) is 11.8 Å². The van der Waals surface area contributed by atoms with Crippen molar-refractivity contribution in [1.29, 1.82) is 0 Å². The summed E-state index contributed by atoms with van der Waals surface area (Å²) in [5.41, 5.74) is 3.09. The fourth-order valence-electron chi connectivity index (χ4n) is 4.00. The minimum atomic E-state index is -0.694. The van der Waals surface area contributed by atoms with Gasteiger partial charge in [-0.3, -0.25) is 9.59 Å². The van der Waals surface area contributed by atoms with Gasteiger partial charge in [-0.15, -0.1) is 0 Å². The number of amides is 2. The first-order valence-corrected chi connectivity index (χ1v) is 10.6. The maximum atomic E-state index is 13.3.